The molecule has 0 amide bonds. The Morgan fingerprint density at radius 3 is 2.27 bits per heavy atom. The molecular weight excluding hydrogens is 326 g/mol. The molecule has 0 saturated carbocycles. The molecule has 1 atom stereocenters. The normalized spacial score (nSPS) is 23.5. The van der Waals surface area contributed by atoms with E-state index >= 15 is 0 Å². The summed E-state index contributed by atoms with van der Waals surface area (Å²) >= 11 is 1.12. The Morgan fingerprint density at radius 2 is 1.73 bits per heavy atom. The van der Waals surface area contributed by atoms with E-state index in [1.165, 1.54) is 6.07 Å². The van der Waals surface area contributed by atoms with Gasteiger partial charge in [0.15, 0.2) is 5.83 Å². The lowest BCUT2D eigenvalue weighted by atomic mass is 9.90. The van der Waals surface area contributed by atoms with Crippen LogP contribution in [-0.2, 0) is 6.42 Å². The molecule has 0 nitrogen and oxygen atoms in total. The van der Waals surface area contributed by atoms with E-state index < -0.39 is 29.4 Å². The number of hydrogen-bond acceptors (Lipinski definition) is 1. The van der Waals surface area contributed by atoms with Gasteiger partial charge in [0.25, 0.3) is 0 Å². The maximum atomic E-state index is 14.0. The largest absolute Gasteiger partial charge is 0.364 e. The lowest BCUT2D eigenvalue weighted by Gasteiger charge is -2.24. The van der Waals surface area contributed by atoms with Crippen molar-refractivity contribution in [1.29, 1.82) is 0 Å². The van der Waals surface area contributed by atoms with Gasteiger partial charge in [-0.05, 0) is 23.4 Å². The van der Waals surface area contributed by atoms with Crippen LogP contribution in [0.3, 0.4) is 0 Å². The number of thiophene rings is 1. The van der Waals surface area contributed by atoms with E-state index in [4.69, 9.17) is 0 Å². The highest BCUT2D eigenvalue weighted by atomic mass is 32.1. The number of hydrogen-bond donors (Lipinski definition) is 0. The first-order valence-electron chi connectivity index (χ1n) is 6.55. The molecular formula is C15H10F6S. The van der Waals surface area contributed by atoms with E-state index in [1.54, 1.807) is 25.1 Å². The first kappa shape index (κ1) is 15.4. The molecule has 7 heteroatoms. The number of rotatable bonds is 2. The molecule has 0 radical (unpaired) electrons. The van der Waals surface area contributed by atoms with Gasteiger partial charge in [0.05, 0.1) is 0 Å². The molecule has 2 aromatic rings. The minimum atomic E-state index is -5.13. The smallest absolute Gasteiger partial charge is 0.208 e. The fourth-order valence-electron chi connectivity index (χ4n) is 2.77. The van der Waals surface area contributed by atoms with Crippen molar-refractivity contribution in [3.63, 3.8) is 0 Å². The summed E-state index contributed by atoms with van der Waals surface area (Å²) < 4.78 is 82.8. The van der Waals surface area contributed by atoms with Crippen LogP contribution in [0, 0.1) is 0 Å². The lowest BCUT2D eigenvalue weighted by molar-refractivity contribution is -0.189. The first-order valence-corrected chi connectivity index (χ1v) is 7.36. The Kier molecular flexibility index (Phi) is 3.32. The standard InChI is InChI=1S/C15H10F6S/c1-2-8-10(7-5-3-4-6-9(7)22-8)11-12(16)13(17)15(20,21)14(11,18)19/h3-6,11H,2H2,1H3. The van der Waals surface area contributed by atoms with Crippen LogP contribution in [-0.4, -0.2) is 11.8 Å². The maximum absolute atomic E-state index is 14.0. The highest BCUT2D eigenvalue weighted by molar-refractivity contribution is 7.19. The second-order valence-corrected chi connectivity index (χ2v) is 6.22. The fraction of sp³-hybridized carbons (Fsp3) is 0.333. The summed E-state index contributed by atoms with van der Waals surface area (Å²) in [4.78, 5) is 0.353. The summed E-state index contributed by atoms with van der Waals surface area (Å²) in [5.41, 5.74) is -0.238. The van der Waals surface area contributed by atoms with Crippen molar-refractivity contribution in [3.05, 3.63) is 46.4 Å². The second kappa shape index (κ2) is 4.75. The van der Waals surface area contributed by atoms with Gasteiger partial charge in [-0.3, -0.25) is 0 Å². The van der Waals surface area contributed by atoms with E-state index in [0.717, 1.165) is 11.3 Å². The van der Waals surface area contributed by atoms with Crippen LogP contribution in [0.15, 0.2) is 35.9 Å². The SMILES string of the molecule is CCc1sc2ccccc2c1C1C(F)=C(F)C(F)(F)C1(F)F. The molecule has 0 bridgehead atoms. The lowest BCUT2D eigenvalue weighted by Crippen LogP contribution is -2.40. The number of allylic oxidation sites excluding steroid dienone is 2. The Balaban J connectivity index is 2.32. The molecule has 1 aromatic heterocycles. The van der Waals surface area contributed by atoms with E-state index in [0.29, 0.717) is 9.58 Å². The number of alkyl halides is 4. The number of benzene rings is 1. The van der Waals surface area contributed by atoms with Gasteiger partial charge in [0.1, 0.15) is 5.92 Å². The van der Waals surface area contributed by atoms with Crippen molar-refractivity contribution in [2.24, 2.45) is 0 Å². The van der Waals surface area contributed by atoms with Crippen molar-refractivity contribution in [1.82, 2.24) is 0 Å². The predicted octanol–water partition coefficient (Wildman–Crippen LogP) is 5.98. The molecule has 1 unspecified atom stereocenters. The molecule has 0 N–H and O–H groups in total. The average Bonchev–Trinajstić information content (AvgIpc) is 2.89. The van der Waals surface area contributed by atoms with Crippen LogP contribution in [0.25, 0.3) is 10.1 Å². The molecule has 3 rings (SSSR count). The van der Waals surface area contributed by atoms with Crippen LogP contribution in [0.4, 0.5) is 26.3 Å². The van der Waals surface area contributed by atoms with Crippen LogP contribution in [0.5, 0.6) is 0 Å². The van der Waals surface area contributed by atoms with Crippen LogP contribution in [0.1, 0.15) is 23.3 Å². The zero-order valence-corrected chi connectivity index (χ0v) is 12.1. The summed E-state index contributed by atoms with van der Waals surface area (Å²) in [6, 6.07) is 6.29. The van der Waals surface area contributed by atoms with Gasteiger partial charge in [-0.2, -0.15) is 17.6 Å². The topological polar surface area (TPSA) is 0 Å². The molecule has 0 saturated heterocycles. The van der Waals surface area contributed by atoms with E-state index in [-0.39, 0.29) is 17.4 Å². The van der Waals surface area contributed by atoms with Crippen molar-refractivity contribution in [3.8, 4) is 0 Å². The minimum absolute atomic E-state index is 0.238. The third-order valence-electron chi connectivity index (χ3n) is 3.84. The molecule has 1 aliphatic rings. The number of halogens is 6. The highest BCUT2D eigenvalue weighted by Gasteiger charge is 2.72. The van der Waals surface area contributed by atoms with Crippen molar-refractivity contribution in [2.45, 2.75) is 31.1 Å². The molecule has 0 aliphatic heterocycles. The van der Waals surface area contributed by atoms with Gasteiger partial charge in [0, 0.05) is 9.58 Å². The molecule has 118 valence electrons. The van der Waals surface area contributed by atoms with Crippen LogP contribution < -0.4 is 0 Å². The second-order valence-electron chi connectivity index (χ2n) is 5.08. The Bertz CT molecular complexity index is 773. The Hall–Kier alpha value is -1.50. The number of fused-ring (bicyclic) bond motifs is 1. The van der Waals surface area contributed by atoms with Gasteiger partial charge in [-0.25, -0.2) is 8.78 Å². The third kappa shape index (κ3) is 1.77. The van der Waals surface area contributed by atoms with Crippen LogP contribution >= 0.6 is 11.3 Å². The summed E-state index contributed by atoms with van der Waals surface area (Å²) in [6.45, 7) is 1.65. The van der Waals surface area contributed by atoms with Crippen molar-refractivity contribution >= 4 is 21.4 Å². The summed E-state index contributed by atoms with van der Waals surface area (Å²) in [7, 11) is 0. The third-order valence-corrected chi connectivity index (χ3v) is 5.17. The zero-order chi connectivity index (χ0) is 16.3. The molecule has 1 heterocycles. The maximum Gasteiger partial charge on any atom is 0.364 e. The fourth-order valence-corrected chi connectivity index (χ4v) is 3.95. The predicted molar refractivity (Wildman–Crippen MR) is 73.1 cm³/mol. The molecule has 0 fully saturated rings. The molecule has 1 aromatic carbocycles. The first-order chi connectivity index (χ1) is 10.2. The van der Waals surface area contributed by atoms with E-state index in [9.17, 15) is 26.3 Å². The summed E-state index contributed by atoms with van der Waals surface area (Å²) in [5.74, 6) is -17.3. The van der Waals surface area contributed by atoms with Crippen molar-refractivity contribution in [2.75, 3.05) is 0 Å². The zero-order valence-electron chi connectivity index (χ0n) is 11.3. The summed E-state index contributed by atoms with van der Waals surface area (Å²) in [6.07, 6.45) is 0.266. The van der Waals surface area contributed by atoms with E-state index in [1.807, 2.05) is 0 Å². The van der Waals surface area contributed by atoms with Gasteiger partial charge in [-0.1, -0.05) is 25.1 Å². The van der Waals surface area contributed by atoms with Crippen molar-refractivity contribution < 1.29 is 26.3 Å². The Morgan fingerprint density at radius 1 is 1.09 bits per heavy atom. The quantitative estimate of drug-likeness (QED) is 0.592. The number of aryl methyl sites for hydroxylation is 1. The van der Waals surface area contributed by atoms with E-state index in [2.05, 4.69) is 0 Å². The van der Waals surface area contributed by atoms with Gasteiger partial charge >= 0.3 is 11.8 Å². The summed E-state index contributed by atoms with van der Waals surface area (Å²) in [5, 5.41) is 0.259. The van der Waals surface area contributed by atoms with Gasteiger partial charge in [0.2, 0.25) is 5.83 Å². The minimum Gasteiger partial charge on any atom is -0.208 e. The highest BCUT2D eigenvalue weighted by Crippen LogP contribution is 2.61. The van der Waals surface area contributed by atoms with Gasteiger partial charge < -0.3 is 0 Å². The average molecular weight is 336 g/mol. The monoisotopic (exact) mass is 336 g/mol. The molecule has 0 spiro atoms. The molecule has 1 aliphatic carbocycles. The Labute approximate surface area is 126 Å². The van der Waals surface area contributed by atoms with Crippen LogP contribution in [0.2, 0.25) is 0 Å². The molecule has 22 heavy (non-hydrogen) atoms. The van der Waals surface area contributed by atoms with Gasteiger partial charge in [-0.15, -0.1) is 11.3 Å².